The molecule has 0 fully saturated rings. The van der Waals surface area contributed by atoms with Gasteiger partial charge in [0.05, 0.1) is 5.75 Å². The molecule has 0 spiro atoms. The van der Waals surface area contributed by atoms with Gasteiger partial charge in [0.2, 0.25) is 3.79 Å². The van der Waals surface area contributed by atoms with Gasteiger partial charge in [0.1, 0.15) is 0 Å². The summed E-state index contributed by atoms with van der Waals surface area (Å²) in [6.45, 7) is 0. The Morgan fingerprint density at radius 3 is 1.78 bits per heavy atom. The summed E-state index contributed by atoms with van der Waals surface area (Å²) in [7, 11) is 0. The zero-order chi connectivity index (χ0) is 6.78. The Morgan fingerprint density at radius 1 is 1.44 bits per heavy atom. The Balaban J connectivity index is 0. The number of halogens is 3. The summed E-state index contributed by atoms with van der Waals surface area (Å²) in [6, 6.07) is 0. The number of hydrogen-bond acceptors (Lipinski definition) is 2. The van der Waals surface area contributed by atoms with Crippen molar-refractivity contribution in [3.8, 4) is 0 Å². The summed E-state index contributed by atoms with van der Waals surface area (Å²) < 4.78 is 17.8. The molecule has 9 heavy (non-hydrogen) atoms. The first-order chi connectivity index (χ1) is 3.42. The van der Waals surface area contributed by atoms with E-state index in [2.05, 4.69) is 0 Å². The number of hydrogen-bond donors (Lipinski definition) is 0. The van der Waals surface area contributed by atoms with Gasteiger partial charge in [-0.1, -0.05) is 45.9 Å². The first-order valence-electron chi connectivity index (χ1n) is 1.54. The van der Waals surface area contributed by atoms with Gasteiger partial charge in [-0.3, -0.25) is 4.21 Å². The monoisotopic (exact) mass is 218 g/mol. The first kappa shape index (κ1) is 13.6. The number of rotatable bonds is 1. The van der Waals surface area contributed by atoms with Gasteiger partial charge in [0, 0.05) is 0 Å². The summed E-state index contributed by atoms with van der Waals surface area (Å²) in [6.07, 6.45) is 0. The van der Waals surface area contributed by atoms with E-state index in [9.17, 15) is 8.76 Å². The van der Waals surface area contributed by atoms with Crippen LogP contribution in [0, 0.1) is 0 Å². The Bertz CT molecular complexity index is 102. The fraction of sp³-hybridized carbons (Fsp3) is 1.00. The molecule has 0 N–H and O–H groups in total. The van der Waals surface area contributed by atoms with Gasteiger partial charge in [-0.25, -0.2) is 0 Å². The van der Waals surface area contributed by atoms with Crippen LogP contribution in [-0.2, 0) is 11.1 Å². The zero-order valence-electron chi connectivity index (χ0n) is 4.57. The summed E-state index contributed by atoms with van der Waals surface area (Å²) >= 11 is 12.9. The van der Waals surface area contributed by atoms with Crippen molar-refractivity contribution in [2.24, 2.45) is 0 Å². The molecule has 0 rings (SSSR count). The van der Waals surface area contributed by atoms with E-state index < -0.39 is 20.6 Å². The molecule has 0 aliphatic rings. The smallest absolute Gasteiger partial charge is 0.772 e. The molecular formula is C2H2Cl3NaO2S. The molecule has 0 aliphatic carbocycles. The SMILES string of the molecule is O=S([O-])CC(Cl)(Cl)Cl.[Na+]. The molecule has 1 atom stereocenters. The quantitative estimate of drug-likeness (QED) is 0.298. The van der Waals surface area contributed by atoms with Gasteiger partial charge in [-0.2, -0.15) is 0 Å². The third-order valence-electron chi connectivity index (χ3n) is 0.282. The second kappa shape index (κ2) is 5.61. The molecule has 1 unspecified atom stereocenters. The van der Waals surface area contributed by atoms with E-state index in [4.69, 9.17) is 34.8 Å². The summed E-state index contributed by atoms with van der Waals surface area (Å²) in [5.41, 5.74) is 0. The van der Waals surface area contributed by atoms with Gasteiger partial charge in [0.15, 0.2) is 0 Å². The minimum Gasteiger partial charge on any atom is -0.772 e. The molecule has 0 heterocycles. The van der Waals surface area contributed by atoms with Crippen LogP contribution in [0.25, 0.3) is 0 Å². The van der Waals surface area contributed by atoms with Crippen molar-refractivity contribution in [3.63, 3.8) is 0 Å². The van der Waals surface area contributed by atoms with E-state index >= 15 is 0 Å². The Morgan fingerprint density at radius 2 is 1.78 bits per heavy atom. The Hall–Kier alpha value is 1.98. The maximum absolute atomic E-state index is 9.76. The second-order valence-corrected chi connectivity index (χ2v) is 4.48. The molecule has 0 saturated carbocycles. The van der Waals surface area contributed by atoms with Crippen molar-refractivity contribution >= 4 is 45.9 Å². The van der Waals surface area contributed by atoms with Crippen molar-refractivity contribution in [1.29, 1.82) is 0 Å². The van der Waals surface area contributed by atoms with Crippen molar-refractivity contribution in [3.05, 3.63) is 0 Å². The van der Waals surface area contributed by atoms with Gasteiger partial charge < -0.3 is 4.55 Å². The summed E-state index contributed by atoms with van der Waals surface area (Å²) in [5.74, 6) is -0.461. The predicted octanol–water partition coefficient (Wildman–Crippen LogP) is -1.76. The average Bonchev–Trinajstić information content (AvgIpc) is 1.21. The molecule has 0 aromatic rings. The summed E-state index contributed by atoms with van der Waals surface area (Å²) in [4.78, 5) is 0. The molecular weight excluding hydrogens is 217 g/mol. The zero-order valence-corrected chi connectivity index (χ0v) is 9.65. The normalized spacial score (nSPS) is 14.2. The minimum atomic E-state index is -2.28. The molecule has 0 saturated heterocycles. The molecule has 0 amide bonds. The fourth-order valence-corrected chi connectivity index (χ4v) is 1.20. The van der Waals surface area contributed by atoms with Crippen LogP contribution in [0.1, 0.15) is 0 Å². The Labute approximate surface area is 92.8 Å². The van der Waals surface area contributed by atoms with E-state index in [1.807, 2.05) is 0 Å². The average molecular weight is 219 g/mol. The molecule has 0 bridgehead atoms. The molecule has 0 radical (unpaired) electrons. The largest absolute Gasteiger partial charge is 1.00 e. The molecule has 2 nitrogen and oxygen atoms in total. The molecule has 7 heteroatoms. The number of alkyl halides is 3. The molecule has 0 aliphatic heterocycles. The second-order valence-electron chi connectivity index (χ2n) is 1.06. The van der Waals surface area contributed by atoms with Crippen molar-refractivity contribution in [2.45, 2.75) is 3.79 Å². The summed E-state index contributed by atoms with van der Waals surface area (Å²) in [5, 5.41) is 0. The van der Waals surface area contributed by atoms with Crippen LogP contribution >= 0.6 is 34.8 Å². The van der Waals surface area contributed by atoms with Gasteiger partial charge in [-0.05, 0) is 0 Å². The van der Waals surface area contributed by atoms with E-state index in [0.29, 0.717) is 0 Å². The molecule has 50 valence electrons. The Kier molecular flexibility index (Phi) is 8.45. The van der Waals surface area contributed by atoms with Gasteiger partial charge >= 0.3 is 29.6 Å². The van der Waals surface area contributed by atoms with Crippen molar-refractivity contribution in [2.75, 3.05) is 5.75 Å². The van der Waals surface area contributed by atoms with Gasteiger partial charge in [0.25, 0.3) is 0 Å². The van der Waals surface area contributed by atoms with Crippen LogP contribution in [0.2, 0.25) is 0 Å². The van der Waals surface area contributed by atoms with E-state index in [-0.39, 0.29) is 29.6 Å². The van der Waals surface area contributed by atoms with Crippen LogP contribution < -0.4 is 29.6 Å². The standard InChI is InChI=1S/C2H3Cl3O2S.Na/c3-2(4,5)1-8(6)7;/h1H2,(H,6,7);/q;+1/p-1. The minimum absolute atomic E-state index is 0. The van der Waals surface area contributed by atoms with E-state index in [1.54, 1.807) is 0 Å². The van der Waals surface area contributed by atoms with E-state index in [0.717, 1.165) is 0 Å². The van der Waals surface area contributed by atoms with E-state index in [1.165, 1.54) is 0 Å². The molecule has 0 aromatic heterocycles. The third-order valence-corrected chi connectivity index (χ3v) is 1.83. The topological polar surface area (TPSA) is 40.1 Å². The van der Waals surface area contributed by atoms with Crippen LogP contribution in [0.3, 0.4) is 0 Å². The van der Waals surface area contributed by atoms with Crippen molar-refractivity contribution < 1.29 is 38.3 Å². The van der Waals surface area contributed by atoms with Crippen LogP contribution in [0.5, 0.6) is 0 Å². The predicted molar refractivity (Wildman–Crippen MR) is 34.1 cm³/mol. The van der Waals surface area contributed by atoms with Crippen LogP contribution in [-0.4, -0.2) is 18.3 Å². The maximum Gasteiger partial charge on any atom is 1.00 e. The third kappa shape index (κ3) is 13.0. The maximum atomic E-state index is 9.76. The van der Waals surface area contributed by atoms with Crippen LogP contribution in [0.4, 0.5) is 0 Å². The van der Waals surface area contributed by atoms with Crippen molar-refractivity contribution in [1.82, 2.24) is 0 Å². The van der Waals surface area contributed by atoms with Gasteiger partial charge in [-0.15, -0.1) is 0 Å². The fourth-order valence-electron chi connectivity index (χ4n) is 0.134. The molecule has 0 aromatic carbocycles. The van der Waals surface area contributed by atoms with Crippen LogP contribution in [0.15, 0.2) is 0 Å². The first-order valence-corrected chi connectivity index (χ1v) is 3.92.